The Morgan fingerprint density at radius 2 is 2.40 bits per heavy atom. The highest BCUT2D eigenvalue weighted by atomic mass is 16.6. The average Bonchev–Trinajstić information content (AvgIpc) is 2.46. The molecule has 1 unspecified atom stereocenters. The smallest absolute Gasteiger partial charge is 0.330 e. The number of aliphatic carboxylic acids is 1. The van der Waals surface area contributed by atoms with Gasteiger partial charge in [0.1, 0.15) is 12.2 Å². The number of aryl methyl sites for hydroxylation is 1. The van der Waals surface area contributed by atoms with Gasteiger partial charge in [0.25, 0.3) is 0 Å². The van der Waals surface area contributed by atoms with E-state index in [0.717, 1.165) is 0 Å². The molecule has 2 N–H and O–H groups in total. The van der Waals surface area contributed by atoms with E-state index < -0.39 is 16.9 Å². The van der Waals surface area contributed by atoms with Gasteiger partial charge in [-0.2, -0.15) is 0 Å². The summed E-state index contributed by atoms with van der Waals surface area (Å²) < 4.78 is 1.25. The average molecular weight is 214 g/mol. The second-order valence-electron chi connectivity index (χ2n) is 3.00. The van der Waals surface area contributed by atoms with Crippen LogP contribution in [0.1, 0.15) is 6.92 Å². The number of nitrogens with zero attached hydrogens (tertiary/aromatic N) is 3. The molecule has 0 bridgehead atoms. The number of nitro groups is 1. The molecule has 0 amide bonds. The minimum atomic E-state index is -1.10. The van der Waals surface area contributed by atoms with Gasteiger partial charge in [0.15, 0.2) is 0 Å². The van der Waals surface area contributed by atoms with Crippen LogP contribution >= 0.6 is 0 Å². The fourth-order valence-electron chi connectivity index (χ4n) is 0.979. The highest BCUT2D eigenvalue weighted by Gasteiger charge is 2.21. The lowest BCUT2D eigenvalue weighted by molar-refractivity contribution is -0.384. The third kappa shape index (κ3) is 2.42. The zero-order valence-electron chi connectivity index (χ0n) is 8.17. The van der Waals surface area contributed by atoms with Crippen molar-refractivity contribution in [3.63, 3.8) is 0 Å². The van der Waals surface area contributed by atoms with Crippen LogP contribution in [0.2, 0.25) is 0 Å². The molecule has 0 aliphatic heterocycles. The van der Waals surface area contributed by atoms with Crippen LogP contribution in [0.4, 0.5) is 11.5 Å². The van der Waals surface area contributed by atoms with Crippen molar-refractivity contribution >= 4 is 17.5 Å². The van der Waals surface area contributed by atoms with Crippen molar-refractivity contribution in [2.45, 2.75) is 13.0 Å². The van der Waals surface area contributed by atoms with Gasteiger partial charge in [0, 0.05) is 7.05 Å². The van der Waals surface area contributed by atoms with Gasteiger partial charge in [-0.15, -0.1) is 5.10 Å². The van der Waals surface area contributed by atoms with Crippen LogP contribution in [0.5, 0.6) is 0 Å². The molecule has 0 saturated carbocycles. The maximum atomic E-state index is 10.6. The fourth-order valence-corrected chi connectivity index (χ4v) is 0.979. The summed E-state index contributed by atoms with van der Waals surface area (Å²) in [6, 6.07) is -0.932. The molecule has 82 valence electrons. The third-order valence-corrected chi connectivity index (χ3v) is 1.73. The van der Waals surface area contributed by atoms with E-state index in [9.17, 15) is 14.9 Å². The lowest BCUT2D eigenvalue weighted by Gasteiger charge is -2.06. The Kier molecular flexibility index (Phi) is 2.88. The third-order valence-electron chi connectivity index (χ3n) is 1.73. The first-order valence-corrected chi connectivity index (χ1v) is 4.09. The Balaban J connectivity index is 2.93. The topological polar surface area (TPSA) is 110 Å². The molecule has 0 spiro atoms. The highest BCUT2D eigenvalue weighted by molar-refractivity contribution is 5.77. The van der Waals surface area contributed by atoms with Crippen molar-refractivity contribution in [3.8, 4) is 0 Å². The van der Waals surface area contributed by atoms with Crippen LogP contribution in [-0.4, -0.2) is 31.8 Å². The summed E-state index contributed by atoms with van der Waals surface area (Å²) in [4.78, 5) is 20.5. The quantitative estimate of drug-likeness (QED) is 0.547. The molecule has 0 radical (unpaired) electrons. The molecule has 1 atom stereocenters. The Labute approximate surface area is 84.7 Å². The van der Waals surface area contributed by atoms with E-state index >= 15 is 0 Å². The van der Waals surface area contributed by atoms with Gasteiger partial charge in [-0.1, -0.05) is 0 Å². The molecule has 1 rings (SSSR count). The highest BCUT2D eigenvalue weighted by Crippen LogP contribution is 2.21. The number of rotatable bonds is 4. The van der Waals surface area contributed by atoms with Crippen LogP contribution in [0.15, 0.2) is 6.20 Å². The van der Waals surface area contributed by atoms with Gasteiger partial charge in [-0.3, -0.25) is 19.6 Å². The normalized spacial score (nSPS) is 12.1. The van der Waals surface area contributed by atoms with Crippen molar-refractivity contribution in [2.24, 2.45) is 7.05 Å². The van der Waals surface area contributed by atoms with Crippen molar-refractivity contribution < 1.29 is 14.8 Å². The number of aromatic nitrogens is 2. The minimum Gasteiger partial charge on any atom is -0.480 e. The van der Waals surface area contributed by atoms with Gasteiger partial charge >= 0.3 is 11.7 Å². The monoisotopic (exact) mass is 214 g/mol. The van der Waals surface area contributed by atoms with Crippen LogP contribution in [0, 0.1) is 10.1 Å². The number of carboxylic acid groups (broad SMARTS) is 1. The lowest BCUT2D eigenvalue weighted by Crippen LogP contribution is -2.26. The summed E-state index contributed by atoms with van der Waals surface area (Å²) in [5.41, 5.74) is -0.245. The minimum absolute atomic E-state index is 0.0441. The number of carboxylic acids is 1. The van der Waals surface area contributed by atoms with E-state index in [0.29, 0.717) is 0 Å². The maximum absolute atomic E-state index is 10.6. The summed E-state index contributed by atoms with van der Waals surface area (Å²) >= 11 is 0. The molecule has 0 aliphatic rings. The zero-order chi connectivity index (χ0) is 11.6. The largest absolute Gasteiger partial charge is 0.480 e. The van der Waals surface area contributed by atoms with Gasteiger partial charge in [-0.25, -0.2) is 0 Å². The van der Waals surface area contributed by atoms with Gasteiger partial charge in [-0.05, 0) is 6.92 Å². The van der Waals surface area contributed by atoms with E-state index in [1.165, 1.54) is 24.9 Å². The Morgan fingerprint density at radius 3 is 2.87 bits per heavy atom. The number of nitrogens with one attached hydrogen (secondary N) is 1. The van der Waals surface area contributed by atoms with Crippen molar-refractivity contribution in [1.82, 2.24) is 9.78 Å². The summed E-state index contributed by atoms with van der Waals surface area (Å²) in [6.07, 6.45) is 1.21. The van der Waals surface area contributed by atoms with Crippen LogP contribution < -0.4 is 5.32 Å². The SMILES string of the molecule is CC(Nc1nn(C)cc1[N+](=O)[O-])C(=O)O. The summed E-state index contributed by atoms with van der Waals surface area (Å²) in [7, 11) is 1.52. The van der Waals surface area contributed by atoms with Gasteiger partial charge in [0.05, 0.1) is 4.92 Å². The Hall–Kier alpha value is -2.12. The molecule has 0 aliphatic carbocycles. The molecule has 8 nitrogen and oxygen atoms in total. The molecule has 1 aromatic rings. The molecule has 0 saturated heterocycles. The number of hydrogen-bond acceptors (Lipinski definition) is 5. The fraction of sp³-hybridized carbons (Fsp3) is 0.429. The molecular weight excluding hydrogens is 204 g/mol. The number of carbonyl (C=O) groups is 1. The maximum Gasteiger partial charge on any atom is 0.330 e. The van der Waals surface area contributed by atoms with E-state index in [1.54, 1.807) is 0 Å². The van der Waals surface area contributed by atoms with Gasteiger partial charge in [0.2, 0.25) is 5.82 Å². The lowest BCUT2D eigenvalue weighted by atomic mass is 10.3. The standard InChI is InChI=1S/C7H10N4O4/c1-4(7(12)13)8-6-5(11(14)15)3-10(2)9-6/h3-4H,1-2H3,(H,8,9)(H,12,13). The molecule has 15 heavy (non-hydrogen) atoms. The van der Waals surface area contributed by atoms with E-state index in [1.807, 2.05) is 0 Å². The van der Waals surface area contributed by atoms with Crippen molar-refractivity contribution in [1.29, 1.82) is 0 Å². The molecular formula is C7H10N4O4. The second kappa shape index (κ2) is 3.95. The van der Waals surface area contributed by atoms with Gasteiger partial charge < -0.3 is 10.4 Å². The predicted octanol–water partition coefficient (Wildman–Crippen LogP) is 0.213. The Morgan fingerprint density at radius 1 is 1.80 bits per heavy atom. The van der Waals surface area contributed by atoms with Crippen LogP contribution in [0.25, 0.3) is 0 Å². The summed E-state index contributed by atoms with van der Waals surface area (Å²) in [6.45, 7) is 1.38. The first-order valence-electron chi connectivity index (χ1n) is 4.09. The molecule has 1 heterocycles. The molecule has 0 fully saturated rings. The van der Waals surface area contributed by atoms with E-state index in [2.05, 4.69) is 10.4 Å². The predicted molar refractivity (Wildman–Crippen MR) is 50.6 cm³/mol. The van der Waals surface area contributed by atoms with E-state index in [-0.39, 0.29) is 11.5 Å². The van der Waals surface area contributed by atoms with Crippen LogP contribution in [-0.2, 0) is 11.8 Å². The number of hydrogen-bond donors (Lipinski definition) is 2. The molecule has 8 heteroatoms. The molecule has 0 aromatic carbocycles. The number of anilines is 1. The first kappa shape index (κ1) is 11.0. The second-order valence-corrected chi connectivity index (χ2v) is 3.00. The van der Waals surface area contributed by atoms with E-state index in [4.69, 9.17) is 5.11 Å². The van der Waals surface area contributed by atoms with Crippen molar-refractivity contribution in [3.05, 3.63) is 16.3 Å². The Bertz CT molecular complexity index is 400. The van der Waals surface area contributed by atoms with Crippen LogP contribution in [0.3, 0.4) is 0 Å². The first-order chi connectivity index (χ1) is 6.91. The summed E-state index contributed by atoms with van der Waals surface area (Å²) in [5.74, 6) is -1.15. The molecule has 1 aromatic heterocycles. The van der Waals surface area contributed by atoms with Crippen molar-refractivity contribution in [2.75, 3.05) is 5.32 Å². The zero-order valence-corrected chi connectivity index (χ0v) is 8.17. The summed E-state index contributed by atoms with van der Waals surface area (Å²) in [5, 5.41) is 25.4.